The highest BCUT2D eigenvalue weighted by Crippen LogP contribution is 2.16. The van der Waals surface area contributed by atoms with Crippen molar-refractivity contribution in [1.29, 1.82) is 0 Å². The normalized spacial score (nSPS) is 14.8. The number of hydrogen-bond donors (Lipinski definition) is 1. The number of nitrogens with zero attached hydrogens (tertiary/aromatic N) is 2. The van der Waals surface area contributed by atoms with Crippen LogP contribution in [0.3, 0.4) is 0 Å². The summed E-state index contributed by atoms with van der Waals surface area (Å²) in [5, 5.41) is 11.0. The molecule has 1 aromatic heterocycles. The van der Waals surface area contributed by atoms with E-state index >= 15 is 0 Å². The van der Waals surface area contributed by atoms with Crippen molar-refractivity contribution in [3.63, 3.8) is 0 Å². The average molecular weight is 364 g/mol. The Hall–Kier alpha value is -1.96. The molecule has 7 heteroatoms. The molecule has 2 rings (SSSR count). The Balaban J connectivity index is 2.10. The molecule has 0 radical (unpaired) electrons. The summed E-state index contributed by atoms with van der Waals surface area (Å²) in [5.41, 5.74) is 1.66. The van der Waals surface area contributed by atoms with Gasteiger partial charge in [-0.25, -0.2) is 0 Å². The van der Waals surface area contributed by atoms with Gasteiger partial charge in [0.1, 0.15) is 0 Å². The minimum Gasteiger partial charge on any atom is -0.355 e. The molecule has 0 aliphatic rings. The van der Waals surface area contributed by atoms with Crippen LogP contribution in [-0.4, -0.2) is 50.3 Å². The molecule has 2 atom stereocenters. The van der Waals surface area contributed by atoms with Crippen molar-refractivity contribution in [3.8, 4) is 0 Å². The Kier molecular flexibility index (Phi) is 6.92. The Bertz CT molecular complexity index is 808. The number of carbonyl (C=O) groups is 1. The number of carbonyl (C=O) groups excluding carboxylic acids is 1. The molecule has 2 unspecified atom stereocenters. The first kappa shape index (κ1) is 19.4. The van der Waals surface area contributed by atoms with Crippen molar-refractivity contribution in [2.24, 2.45) is 0 Å². The summed E-state index contributed by atoms with van der Waals surface area (Å²) in [6, 6.07) is 9.60. The van der Waals surface area contributed by atoms with E-state index in [0.717, 1.165) is 29.3 Å². The maximum atomic E-state index is 12.9. The van der Waals surface area contributed by atoms with Crippen molar-refractivity contribution >= 4 is 32.7 Å². The Labute approximate surface area is 148 Å². The van der Waals surface area contributed by atoms with Crippen LogP contribution in [0.1, 0.15) is 25.3 Å². The number of fused-ring (bicyclic) bond motifs is 1. The molecule has 0 aliphatic carbocycles. The molecule has 1 aromatic carbocycles. The third-order valence-corrected chi connectivity index (χ3v) is 5.49. The number of para-hydroxylation sites is 1. The monoisotopic (exact) mass is 364 g/mol. The fourth-order valence-corrected chi connectivity index (χ4v) is 4.10. The maximum absolute atomic E-state index is 12.9. The first-order valence-electron chi connectivity index (χ1n) is 8.15. The summed E-state index contributed by atoms with van der Waals surface area (Å²) in [4.78, 5) is 15.2. The fraction of sp³-hybridized carbons (Fsp3) is 0.389. The average Bonchev–Trinajstić information content (AvgIpc) is 2.59. The van der Waals surface area contributed by atoms with Crippen LogP contribution in [0.25, 0.3) is 10.9 Å². The lowest BCUT2D eigenvalue weighted by molar-refractivity contribution is -0.199. The van der Waals surface area contributed by atoms with Gasteiger partial charge in [-0.15, -0.1) is 0 Å². The van der Waals surface area contributed by atoms with Gasteiger partial charge < -0.3 is 4.74 Å². The molecule has 0 fully saturated rings. The van der Waals surface area contributed by atoms with Gasteiger partial charge in [-0.3, -0.25) is 19.2 Å². The van der Waals surface area contributed by atoms with E-state index in [1.165, 1.54) is 0 Å². The van der Waals surface area contributed by atoms with Gasteiger partial charge in [0.15, 0.2) is 6.23 Å². The number of ether oxygens (including phenoxy) is 1. The zero-order chi connectivity index (χ0) is 18.3. The van der Waals surface area contributed by atoms with Crippen molar-refractivity contribution in [3.05, 3.63) is 42.1 Å². The molecular formula is C18H24N2O4S. The molecule has 0 saturated heterocycles. The largest absolute Gasteiger partial charge is 0.355 e. The maximum Gasteiger partial charge on any atom is 0.235 e. The van der Waals surface area contributed by atoms with Crippen LogP contribution in [0.2, 0.25) is 0 Å². The molecule has 0 saturated carbocycles. The van der Waals surface area contributed by atoms with Crippen molar-refractivity contribution < 1.29 is 18.9 Å². The number of unbranched alkanes of at least 4 members (excludes halogenated alkanes) is 1. The third kappa shape index (κ3) is 5.81. The lowest BCUT2D eigenvalue weighted by atomic mass is 10.2. The third-order valence-electron chi connectivity index (χ3n) is 3.73. The molecule has 25 heavy (non-hydrogen) atoms. The topological polar surface area (TPSA) is 79.7 Å². The van der Waals surface area contributed by atoms with E-state index in [-0.39, 0.29) is 17.9 Å². The molecule has 1 amide bonds. The number of hydroxylamine groups is 2. The molecule has 6 nitrogen and oxygen atoms in total. The van der Waals surface area contributed by atoms with Crippen molar-refractivity contribution in [2.45, 2.75) is 31.7 Å². The van der Waals surface area contributed by atoms with Crippen LogP contribution in [0, 0.1) is 0 Å². The second kappa shape index (κ2) is 8.94. The van der Waals surface area contributed by atoms with Crippen LogP contribution in [-0.2, 0) is 24.8 Å². The van der Waals surface area contributed by atoms with Crippen LogP contribution in [0.4, 0.5) is 0 Å². The van der Waals surface area contributed by atoms with Gasteiger partial charge in [0.05, 0.1) is 11.3 Å². The zero-order valence-electron chi connectivity index (χ0n) is 14.3. The Morgan fingerprint density at radius 3 is 2.92 bits per heavy atom. The predicted octanol–water partition coefficient (Wildman–Crippen LogP) is 2.44. The SMILES string of the molecule is C=S(=O)(Cc1cnc2ccccc2c1)CC(OCCCC)N(O)C=O. The first-order chi connectivity index (χ1) is 11.9. The Morgan fingerprint density at radius 2 is 2.20 bits per heavy atom. The smallest absolute Gasteiger partial charge is 0.235 e. The molecule has 2 aromatic rings. The molecule has 0 spiro atoms. The van der Waals surface area contributed by atoms with Gasteiger partial charge >= 0.3 is 0 Å². The molecular weight excluding hydrogens is 340 g/mol. The van der Waals surface area contributed by atoms with Gasteiger partial charge in [-0.05, 0) is 39.5 Å². The van der Waals surface area contributed by atoms with E-state index in [1.54, 1.807) is 6.20 Å². The standard InChI is InChI=1S/C18H24N2O4S/c1-3-4-9-24-18(20(22)14-21)13-25(2,23)12-15-10-16-7-5-6-8-17(16)19-11-15/h5-8,10-11,14,18,22H,2-4,9,12-13H2,1H3. The number of benzene rings is 1. The van der Waals surface area contributed by atoms with E-state index in [2.05, 4.69) is 10.9 Å². The molecule has 136 valence electrons. The van der Waals surface area contributed by atoms with Gasteiger partial charge in [0, 0.05) is 23.9 Å². The number of amides is 1. The van der Waals surface area contributed by atoms with E-state index in [9.17, 15) is 14.2 Å². The minimum absolute atomic E-state index is 0.0429. The predicted molar refractivity (Wildman–Crippen MR) is 99.9 cm³/mol. The number of hydrogen-bond acceptors (Lipinski definition) is 5. The number of pyridine rings is 1. The highest BCUT2D eigenvalue weighted by atomic mass is 32.2. The van der Waals surface area contributed by atoms with Gasteiger partial charge in [-0.2, -0.15) is 5.06 Å². The second-order valence-electron chi connectivity index (χ2n) is 5.98. The summed E-state index contributed by atoms with van der Waals surface area (Å²) in [6.45, 7) is 2.38. The highest BCUT2D eigenvalue weighted by Gasteiger charge is 2.21. The molecule has 1 heterocycles. The summed E-state index contributed by atoms with van der Waals surface area (Å²) in [5.74, 6) is 3.95. The summed E-state index contributed by atoms with van der Waals surface area (Å²) >= 11 is 0. The van der Waals surface area contributed by atoms with Gasteiger partial charge in [-0.1, -0.05) is 31.5 Å². The quantitative estimate of drug-likeness (QED) is 0.175. The molecule has 0 aliphatic heterocycles. The summed E-state index contributed by atoms with van der Waals surface area (Å²) in [7, 11) is -2.62. The lowest BCUT2D eigenvalue weighted by Gasteiger charge is -2.24. The second-order valence-corrected chi connectivity index (χ2v) is 8.53. The Morgan fingerprint density at radius 1 is 1.44 bits per heavy atom. The highest BCUT2D eigenvalue weighted by molar-refractivity contribution is 7.99. The van der Waals surface area contributed by atoms with E-state index < -0.39 is 15.7 Å². The molecule has 1 N–H and O–H groups in total. The van der Waals surface area contributed by atoms with Crippen LogP contribution in [0.5, 0.6) is 0 Å². The van der Waals surface area contributed by atoms with Crippen molar-refractivity contribution in [1.82, 2.24) is 10.0 Å². The fourth-order valence-electron chi connectivity index (χ4n) is 2.45. The number of aromatic nitrogens is 1. The number of rotatable bonds is 10. The van der Waals surface area contributed by atoms with E-state index in [1.807, 2.05) is 37.3 Å². The van der Waals surface area contributed by atoms with Crippen LogP contribution < -0.4 is 0 Å². The van der Waals surface area contributed by atoms with Crippen LogP contribution >= 0.6 is 0 Å². The summed E-state index contributed by atoms with van der Waals surface area (Å²) in [6.07, 6.45) is 2.67. The van der Waals surface area contributed by atoms with Crippen LogP contribution in [0.15, 0.2) is 36.5 Å². The lowest BCUT2D eigenvalue weighted by Crippen LogP contribution is -2.39. The van der Waals surface area contributed by atoms with Gasteiger partial charge in [0.25, 0.3) is 0 Å². The van der Waals surface area contributed by atoms with Crippen molar-refractivity contribution in [2.75, 3.05) is 12.4 Å². The van der Waals surface area contributed by atoms with E-state index in [4.69, 9.17) is 4.74 Å². The minimum atomic E-state index is -2.62. The molecule has 0 bridgehead atoms. The van der Waals surface area contributed by atoms with E-state index in [0.29, 0.717) is 11.7 Å². The zero-order valence-corrected chi connectivity index (χ0v) is 15.2. The summed E-state index contributed by atoms with van der Waals surface area (Å²) < 4.78 is 18.4. The van der Waals surface area contributed by atoms with Gasteiger partial charge in [0.2, 0.25) is 6.41 Å². The first-order valence-corrected chi connectivity index (χ1v) is 10.2.